The molecule has 1 unspecified atom stereocenters. The van der Waals surface area contributed by atoms with Gasteiger partial charge < -0.3 is 10.4 Å². The van der Waals surface area contributed by atoms with E-state index in [1.165, 1.54) is 19.1 Å². The summed E-state index contributed by atoms with van der Waals surface area (Å²) in [5.41, 5.74) is -0.378. The van der Waals surface area contributed by atoms with Crippen LogP contribution in [0.4, 0.5) is 10.1 Å². The highest BCUT2D eigenvalue weighted by atomic mass is 35.5. The van der Waals surface area contributed by atoms with Crippen LogP contribution in [0.2, 0.25) is 5.02 Å². The first-order valence-electron chi connectivity index (χ1n) is 5.95. The zero-order valence-corrected chi connectivity index (χ0v) is 11.5. The van der Waals surface area contributed by atoms with Crippen LogP contribution in [-0.4, -0.2) is 11.1 Å². The van der Waals surface area contributed by atoms with Gasteiger partial charge in [-0.15, -0.1) is 0 Å². The molecule has 0 saturated heterocycles. The summed E-state index contributed by atoms with van der Waals surface area (Å²) in [7, 11) is 0. The molecule has 0 heterocycles. The molecule has 0 aliphatic carbocycles. The van der Waals surface area contributed by atoms with Crippen molar-refractivity contribution in [1.82, 2.24) is 0 Å². The van der Waals surface area contributed by atoms with Gasteiger partial charge in [0.1, 0.15) is 5.82 Å². The van der Waals surface area contributed by atoms with E-state index in [0.29, 0.717) is 11.3 Å². The number of nitrogens with one attached hydrogen (secondary N) is 1. The summed E-state index contributed by atoms with van der Waals surface area (Å²) >= 11 is 5.73. The fourth-order valence-electron chi connectivity index (χ4n) is 1.87. The Morgan fingerprint density at radius 3 is 2.45 bits per heavy atom. The Hall–Kier alpha value is -2.07. The maximum atomic E-state index is 13.2. The molecule has 0 amide bonds. The molecule has 0 fully saturated rings. The van der Waals surface area contributed by atoms with Crippen LogP contribution in [0.1, 0.15) is 12.5 Å². The Kier molecular flexibility index (Phi) is 3.95. The maximum Gasteiger partial charge on any atom is 0.333 e. The lowest BCUT2D eigenvalue weighted by molar-refractivity contribution is -0.142. The van der Waals surface area contributed by atoms with Gasteiger partial charge in [0.2, 0.25) is 0 Å². The third kappa shape index (κ3) is 2.75. The molecule has 0 spiro atoms. The molecule has 0 aromatic heterocycles. The first-order valence-corrected chi connectivity index (χ1v) is 6.33. The van der Waals surface area contributed by atoms with Crippen molar-refractivity contribution in [2.75, 3.05) is 5.32 Å². The summed E-state index contributed by atoms with van der Waals surface area (Å²) in [6, 6.07) is 12.8. The van der Waals surface area contributed by atoms with E-state index in [2.05, 4.69) is 5.32 Å². The molecule has 2 N–H and O–H groups in total. The fraction of sp³-hybridized carbons (Fsp3) is 0.133. The molecule has 3 nitrogen and oxygen atoms in total. The Morgan fingerprint density at radius 1 is 1.25 bits per heavy atom. The van der Waals surface area contributed by atoms with E-state index < -0.39 is 17.3 Å². The van der Waals surface area contributed by atoms with E-state index in [1.807, 2.05) is 6.07 Å². The van der Waals surface area contributed by atoms with E-state index in [1.54, 1.807) is 24.3 Å². The Labute approximate surface area is 121 Å². The molecule has 2 rings (SSSR count). The number of carboxylic acid groups (broad SMARTS) is 1. The monoisotopic (exact) mass is 293 g/mol. The maximum absolute atomic E-state index is 13.2. The largest absolute Gasteiger partial charge is 0.479 e. The van der Waals surface area contributed by atoms with Gasteiger partial charge in [0.15, 0.2) is 5.54 Å². The van der Waals surface area contributed by atoms with Crippen molar-refractivity contribution < 1.29 is 14.3 Å². The summed E-state index contributed by atoms with van der Waals surface area (Å²) in [5.74, 6) is -1.66. The molecule has 0 aliphatic heterocycles. The quantitative estimate of drug-likeness (QED) is 0.899. The first kappa shape index (κ1) is 14.3. The molecule has 104 valence electrons. The van der Waals surface area contributed by atoms with Crippen molar-refractivity contribution in [1.29, 1.82) is 0 Å². The van der Waals surface area contributed by atoms with E-state index in [9.17, 15) is 14.3 Å². The summed E-state index contributed by atoms with van der Waals surface area (Å²) in [6.45, 7) is 1.51. The standard InChI is InChI=1S/C15H13ClFNO2/c1-15(14(19)20,18-11-5-3-2-4-6-11)10-7-8-13(17)12(16)9-10/h2-9,18H,1H3,(H,19,20). The molecule has 2 aromatic carbocycles. The van der Waals surface area contributed by atoms with Crippen LogP contribution in [0.3, 0.4) is 0 Å². The minimum atomic E-state index is -1.40. The summed E-state index contributed by atoms with van der Waals surface area (Å²) < 4.78 is 13.2. The lowest BCUT2D eigenvalue weighted by Crippen LogP contribution is -2.40. The number of halogens is 2. The molecule has 5 heteroatoms. The molecule has 20 heavy (non-hydrogen) atoms. The number of hydrogen-bond donors (Lipinski definition) is 2. The molecular weight excluding hydrogens is 281 g/mol. The number of para-hydroxylation sites is 1. The highest BCUT2D eigenvalue weighted by Crippen LogP contribution is 2.29. The van der Waals surface area contributed by atoms with E-state index in [-0.39, 0.29) is 5.02 Å². The fourth-order valence-corrected chi connectivity index (χ4v) is 2.05. The third-order valence-corrected chi connectivity index (χ3v) is 3.38. The van der Waals surface area contributed by atoms with Crippen molar-refractivity contribution in [2.45, 2.75) is 12.5 Å². The van der Waals surface area contributed by atoms with Crippen LogP contribution in [-0.2, 0) is 10.3 Å². The highest BCUT2D eigenvalue weighted by molar-refractivity contribution is 6.30. The number of aliphatic carboxylic acids is 1. The van der Waals surface area contributed by atoms with Crippen LogP contribution >= 0.6 is 11.6 Å². The van der Waals surface area contributed by atoms with Crippen molar-refractivity contribution in [2.24, 2.45) is 0 Å². The SMILES string of the molecule is CC(Nc1ccccc1)(C(=O)O)c1ccc(F)c(Cl)c1. The second-order valence-electron chi connectivity index (χ2n) is 4.55. The van der Waals surface area contributed by atoms with Crippen molar-refractivity contribution in [3.63, 3.8) is 0 Å². The van der Waals surface area contributed by atoms with Gasteiger partial charge in [-0.05, 0) is 36.8 Å². The number of carbonyl (C=O) groups is 1. The van der Waals surface area contributed by atoms with Crippen molar-refractivity contribution in [3.8, 4) is 0 Å². The van der Waals surface area contributed by atoms with Gasteiger partial charge in [-0.25, -0.2) is 9.18 Å². The van der Waals surface area contributed by atoms with Gasteiger partial charge in [-0.3, -0.25) is 0 Å². The zero-order valence-electron chi connectivity index (χ0n) is 10.7. The molecule has 0 aliphatic rings. The molecule has 1 atom stereocenters. The topological polar surface area (TPSA) is 49.3 Å². The molecule has 0 bridgehead atoms. The Balaban J connectivity index is 2.43. The van der Waals surface area contributed by atoms with Crippen LogP contribution in [0.15, 0.2) is 48.5 Å². The minimum absolute atomic E-state index is 0.107. The third-order valence-electron chi connectivity index (χ3n) is 3.09. The number of anilines is 1. The van der Waals surface area contributed by atoms with Gasteiger partial charge in [0.25, 0.3) is 0 Å². The van der Waals surface area contributed by atoms with E-state index >= 15 is 0 Å². The predicted octanol–water partition coefficient (Wildman–Crippen LogP) is 3.89. The summed E-state index contributed by atoms with van der Waals surface area (Å²) in [4.78, 5) is 11.6. The second-order valence-corrected chi connectivity index (χ2v) is 4.96. The minimum Gasteiger partial charge on any atom is -0.479 e. The number of hydrogen-bond acceptors (Lipinski definition) is 2. The van der Waals surface area contributed by atoms with Crippen LogP contribution in [0, 0.1) is 5.82 Å². The summed E-state index contributed by atoms with van der Waals surface area (Å²) in [5, 5.41) is 12.3. The molecule has 0 radical (unpaired) electrons. The lowest BCUT2D eigenvalue weighted by Gasteiger charge is -2.28. The summed E-state index contributed by atoms with van der Waals surface area (Å²) in [6.07, 6.45) is 0. The first-order chi connectivity index (χ1) is 9.43. The Morgan fingerprint density at radius 2 is 1.90 bits per heavy atom. The highest BCUT2D eigenvalue weighted by Gasteiger charge is 2.35. The van der Waals surface area contributed by atoms with Crippen LogP contribution < -0.4 is 5.32 Å². The van der Waals surface area contributed by atoms with E-state index in [4.69, 9.17) is 11.6 Å². The molecule has 0 saturated carbocycles. The average molecular weight is 294 g/mol. The average Bonchev–Trinajstić information content (AvgIpc) is 2.42. The van der Waals surface area contributed by atoms with Gasteiger partial charge in [-0.1, -0.05) is 35.9 Å². The number of rotatable bonds is 4. The Bertz CT molecular complexity index is 633. The van der Waals surface area contributed by atoms with Crippen molar-refractivity contribution in [3.05, 3.63) is 64.9 Å². The molecular formula is C15H13ClFNO2. The number of benzene rings is 2. The lowest BCUT2D eigenvalue weighted by atomic mass is 9.91. The molecule has 2 aromatic rings. The zero-order chi connectivity index (χ0) is 14.8. The van der Waals surface area contributed by atoms with Crippen LogP contribution in [0.25, 0.3) is 0 Å². The second kappa shape index (κ2) is 5.51. The van der Waals surface area contributed by atoms with Crippen LogP contribution in [0.5, 0.6) is 0 Å². The van der Waals surface area contributed by atoms with Gasteiger partial charge in [-0.2, -0.15) is 0 Å². The number of carboxylic acids is 1. The van der Waals surface area contributed by atoms with Crippen molar-refractivity contribution >= 4 is 23.3 Å². The van der Waals surface area contributed by atoms with Gasteiger partial charge in [0, 0.05) is 5.69 Å². The van der Waals surface area contributed by atoms with Gasteiger partial charge >= 0.3 is 5.97 Å². The van der Waals surface area contributed by atoms with Gasteiger partial charge in [0.05, 0.1) is 5.02 Å². The predicted molar refractivity (Wildman–Crippen MR) is 76.5 cm³/mol. The smallest absolute Gasteiger partial charge is 0.333 e. The normalized spacial score (nSPS) is 13.6. The van der Waals surface area contributed by atoms with E-state index in [0.717, 1.165) is 6.07 Å².